The molecule has 2 N–H and O–H groups in total. The highest BCUT2D eigenvalue weighted by molar-refractivity contribution is 5.74. The zero-order valence-electron chi connectivity index (χ0n) is 12.6. The van der Waals surface area contributed by atoms with Crippen LogP contribution in [0.15, 0.2) is 54.6 Å². The molecule has 0 heterocycles. The summed E-state index contributed by atoms with van der Waals surface area (Å²) < 4.78 is 0. The van der Waals surface area contributed by atoms with E-state index in [1.54, 1.807) is 0 Å². The third-order valence-corrected chi connectivity index (χ3v) is 3.21. The first kappa shape index (κ1) is 14.4. The first-order chi connectivity index (χ1) is 9.65. The molecule has 0 saturated carbocycles. The van der Waals surface area contributed by atoms with Gasteiger partial charge in [0.1, 0.15) is 0 Å². The van der Waals surface area contributed by atoms with Crippen molar-refractivity contribution in [2.45, 2.75) is 33.2 Å². The lowest BCUT2D eigenvalue weighted by molar-refractivity contribution is 0.540. The Morgan fingerprint density at radius 2 is 1.40 bits per heavy atom. The van der Waals surface area contributed by atoms with Gasteiger partial charge < -0.3 is 10.6 Å². The van der Waals surface area contributed by atoms with Gasteiger partial charge in [-0.15, -0.1) is 0 Å². The van der Waals surface area contributed by atoms with E-state index < -0.39 is 0 Å². The lowest BCUT2D eigenvalue weighted by Gasteiger charge is -2.20. The second kappa shape index (κ2) is 6.99. The second-order valence-electron chi connectivity index (χ2n) is 5.71. The fourth-order valence-electron chi connectivity index (χ4n) is 2.43. The zero-order valence-corrected chi connectivity index (χ0v) is 12.6. The number of para-hydroxylation sites is 3. The summed E-state index contributed by atoms with van der Waals surface area (Å²) in [6.45, 7) is 6.75. The third-order valence-electron chi connectivity index (χ3n) is 3.21. The molecule has 106 valence electrons. The maximum absolute atomic E-state index is 3.60. The van der Waals surface area contributed by atoms with Crippen LogP contribution in [0, 0.1) is 5.92 Å². The van der Waals surface area contributed by atoms with Gasteiger partial charge in [-0.25, -0.2) is 0 Å². The molecule has 2 nitrogen and oxygen atoms in total. The Hall–Kier alpha value is -1.96. The molecule has 20 heavy (non-hydrogen) atoms. The molecule has 2 aromatic carbocycles. The number of hydrogen-bond acceptors (Lipinski definition) is 2. The monoisotopic (exact) mass is 268 g/mol. The largest absolute Gasteiger partial charge is 0.381 e. The lowest BCUT2D eigenvalue weighted by atomic mass is 10.0. The van der Waals surface area contributed by atoms with Crippen molar-refractivity contribution in [2.24, 2.45) is 5.92 Å². The summed E-state index contributed by atoms with van der Waals surface area (Å²) in [5.41, 5.74) is 3.39. The maximum Gasteiger partial charge on any atom is 0.0620 e. The normalized spacial score (nSPS) is 12.2. The van der Waals surface area contributed by atoms with E-state index in [0.29, 0.717) is 12.0 Å². The Kier molecular flexibility index (Phi) is 5.05. The minimum Gasteiger partial charge on any atom is -0.381 e. The molecule has 0 saturated heterocycles. The van der Waals surface area contributed by atoms with E-state index in [4.69, 9.17) is 0 Å². The molecule has 0 aliphatic rings. The molecule has 1 atom stereocenters. The predicted molar refractivity (Wildman–Crippen MR) is 88.7 cm³/mol. The number of rotatable bonds is 6. The number of hydrogen-bond donors (Lipinski definition) is 2. The van der Waals surface area contributed by atoms with Crippen molar-refractivity contribution in [3.8, 4) is 0 Å². The average Bonchev–Trinajstić information content (AvgIpc) is 2.41. The summed E-state index contributed by atoms with van der Waals surface area (Å²) in [4.78, 5) is 0. The lowest BCUT2D eigenvalue weighted by Crippen LogP contribution is -2.18. The fourth-order valence-corrected chi connectivity index (χ4v) is 2.43. The van der Waals surface area contributed by atoms with Gasteiger partial charge in [0.15, 0.2) is 0 Å². The number of benzene rings is 2. The quantitative estimate of drug-likeness (QED) is 0.745. The van der Waals surface area contributed by atoms with Crippen LogP contribution < -0.4 is 10.6 Å². The summed E-state index contributed by atoms with van der Waals surface area (Å²) in [6, 6.07) is 19.1. The van der Waals surface area contributed by atoms with Gasteiger partial charge in [-0.05, 0) is 43.5 Å². The van der Waals surface area contributed by atoms with Crippen LogP contribution in [-0.4, -0.2) is 6.04 Å². The van der Waals surface area contributed by atoms with Crippen LogP contribution in [-0.2, 0) is 0 Å². The molecule has 0 bridgehead atoms. The number of nitrogens with one attached hydrogen (secondary N) is 2. The smallest absolute Gasteiger partial charge is 0.0620 e. The molecule has 1 unspecified atom stereocenters. The Labute approximate surface area is 122 Å². The standard InChI is InChI=1S/C18H24N2/c1-14(2)13-15(3)19-17-11-7-8-12-18(17)20-16-9-5-4-6-10-16/h4-12,14-15,19-20H,13H2,1-3H3. The number of anilines is 3. The molecule has 0 aliphatic heterocycles. The minimum absolute atomic E-state index is 0.466. The topological polar surface area (TPSA) is 24.1 Å². The van der Waals surface area contributed by atoms with E-state index in [9.17, 15) is 0 Å². The first-order valence-corrected chi connectivity index (χ1v) is 7.33. The van der Waals surface area contributed by atoms with Crippen LogP contribution in [0.1, 0.15) is 27.2 Å². The molecule has 2 heteroatoms. The van der Waals surface area contributed by atoms with Crippen LogP contribution >= 0.6 is 0 Å². The Morgan fingerprint density at radius 3 is 2.05 bits per heavy atom. The van der Waals surface area contributed by atoms with Crippen molar-refractivity contribution in [1.82, 2.24) is 0 Å². The summed E-state index contributed by atoms with van der Waals surface area (Å²) in [7, 11) is 0. The van der Waals surface area contributed by atoms with Crippen LogP contribution in [0.2, 0.25) is 0 Å². The highest BCUT2D eigenvalue weighted by Crippen LogP contribution is 2.26. The van der Waals surface area contributed by atoms with Crippen LogP contribution in [0.3, 0.4) is 0 Å². The van der Waals surface area contributed by atoms with Gasteiger partial charge in [0.2, 0.25) is 0 Å². The molecule has 0 aromatic heterocycles. The van der Waals surface area contributed by atoms with E-state index in [1.807, 2.05) is 18.2 Å². The molecule has 0 fully saturated rings. The predicted octanol–water partition coefficient (Wildman–Crippen LogP) is 5.28. The van der Waals surface area contributed by atoms with Gasteiger partial charge in [-0.1, -0.05) is 44.2 Å². The van der Waals surface area contributed by atoms with Crippen LogP contribution in [0.4, 0.5) is 17.1 Å². The van der Waals surface area contributed by atoms with Crippen molar-refractivity contribution in [1.29, 1.82) is 0 Å². The Bertz CT molecular complexity index is 520. The van der Waals surface area contributed by atoms with E-state index in [1.165, 1.54) is 6.42 Å². The van der Waals surface area contributed by atoms with E-state index in [2.05, 4.69) is 67.8 Å². The van der Waals surface area contributed by atoms with Gasteiger partial charge in [0.05, 0.1) is 11.4 Å². The summed E-state index contributed by atoms with van der Waals surface area (Å²) in [5, 5.41) is 7.07. The fraction of sp³-hybridized carbons (Fsp3) is 0.333. The summed E-state index contributed by atoms with van der Waals surface area (Å²) in [5.74, 6) is 0.701. The van der Waals surface area contributed by atoms with Crippen molar-refractivity contribution in [2.75, 3.05) is 10.6 Å². The van der Waals surface area contributed by atoms with Crippen molar-refractivity contribution >= 4 is 17.1 Å². The van der Waals surface area contributed by atoms with E-state index in [-0.39, 0.29) is 0 Å². The highest BCUT2D eigenvalue weighted by Gasteiger charge is 2.07. The molecule has 0 aliphatic carbocycles. The molecular formula is C18H24N2. The molecular weight excluding hydrogens is 244 g/mol. The molecule has 0 amide bonds. The van der Waals surface area contributed by atoms with Crippen LogP contribution in [0.5, 0.6) is 0 Å². The maximum atomic E-state index is 3.60. The van der Waals surface area contributed by atoms with Gasteiger partial charge in [-0.2, -0.15) is 0 Å². The van der Waals surface area contributed by atoms with E-state index in [0.717, 1.165) is 17.1 Å². The van der Waals surface area contributed by atoms with Crippen molar-refractivity contribution in [3.63, 3.8) is 0 Å². The minimum atomic E-state index is 0.466. The highest BCUT2D eigenvalue weighted by atomic mass is 15.0. The van der Waals surface area contributed by atoms with Crippen LogP contribution in [0.25, 0.3) is 0 Å². The zero-order chi connectivity index (χ0) is 14.4. The molecule has 0 radical (unpaired) electrons. The molecule has 0 spiro atoms. The molecule has 2 rings (SSSR count). The molecule has 2 aromatic rings. The van der Waals surface area contributed by atoms with Crippen molar-refractivity contribution in [3.05, 3.63) is 54.6 Å². The van der Waals surface area contributed by atoms with Gasteiger partial charge >= 0.3 is 0 Å². The first-order valence-electron chi connectivity index (χ1n) is 7.33. The Balaban J connectivity index is 2.10. The summed E-state index contributed by atoms with van der Waals surface area (Å²) in [6.07, 6.45) is 1.17. The third kappa shape index (κ3) is 4.30. The average molecular weight is 268 g/mol. The van der Waals surface area contributed by atoms with E-state index >= 15 is 0 Å². The van der Waals surface area contributed by atoms with Crippen molar-refractivity contribution < 1.29 is 0 Å². The Morgan fingerprint density at radius 1 is 0.800 bits per heavy atom. The second-order valence-corrected chi connectivity index (χ2v) is 5.71. The van der Waals surface area contributed by atoms with Gasteiger partial charge in [-0.3, -0.25) is 0 Å². The van der Waals surface area contributed by atoms with Gasteiger partial charge in [0.25, 0.3) is 0 Å². The summed E-state index contributed by atoms with van der Waals surface area (Å²) >= 11 is 0. The SMILES string of the molecule is CC(C)CC(C)Nc1ccccc1Nc1ccccc1. The van der Waals surface area contributed by atoms with Gasteiger partial charge in [0, 0.05) is 11.7 Å².